The van der Waals surface area contributed by atoms with E-state index in [1.165, 1.54) is 38.0 Å². The van der Waals surface area contributed by atoms with Crippen molar-refractivity contribution in [3.05, 3.63) is 28.8 Å². The lowest BCUT2D eigenvalue weighted by molar-refractivity contribution is 0.220. The van der Waals surface area contributed by atoms with Gasteiger partial charge in [-0.1, -0.05) is 18.5 Å². The van der Waals surface area contributed by atoms with Gasteiger partial charge in [0.2, 0.25) is 0 Å². The van der Waals surface area contributed by atoms with E-state index in [0.29, 0.717) is 5.92 Å². The summed E-state index contributed by atoms with van der Waals surface area (Å²) in [7, 11) is 0. The number of nitrogens with one attached hydrogen (secondary N) is 1. The maximum atomic E-state index is 6.02. The first kappa shape index (κ1) is 15.1. The Bertz CT molecular complexity index is 474. The fourth-order valence-corrected chi connectivity index (χ4v) is 3.56. The maximum Gasteiger partial charge on any atom is 0.123 e. The number of rotatable bonds is 6. The Morgan fingerprint density at radius 2 is 2.19 bits per heavy atom. The standard InChI is InChI=1S/C17H25ClN2O/c1-13(12-20-6-2-3-7-20)10-19-11-16-9-14-8-15(18)4-5-17(14)21-16/h4-5,8,13,16,19H,2-3,6-7,9-12H2,1H3. The van der Waals surface area contributed by atoms with Gasteiger partial charge >= 0.3 is 0 Å². The van der Waals surface area contributed by atoms with Crippen molar-refractivity contribution in [1.82, 2.24) is 10.2 Å². The summed E-state index contributed by atoms with van der Waals surface area (Å²) in [6.07, 6.45) is 3.95. The van der Waals surface area contributed by atoms with Gasteiger partial charge in [0.1, 0.15) is 11.9 Å². The zero-order valence-electron chi connectivity index (χ0n) is 12.8. The Hall–Kier alpha value is -0.770. The Kier molecular flexibility index (Phi) is 5.04. The number of ether oxygens (including phenoxy) is 1. The van der Waals surface area contributed by atoms with Gasteiger partial charge < -0.3 is 15.0 Å². The van der Waals surface area contributed by atoms with Gasteiger partial charge in [-0.05, 0) is 62.2 Å². The fourth-order valence-electron chi connectivity index (χ4n) is 3.36. The molecule has 0 saturated carbocycles. The monoisotopic (exact) mass is 308 g/mol. The van der Waals surface area contributed by atoms with Crippen LogP contribution in [0.15, 0.2) is 18.2 Å². The van der Waals surface area contributed by atoms with Crippen LogP contribution >= 0.6 is 11.6 Å². The van der Waals surface area contributed by atoms with Crippen molar-refractivity contribution >= 4 is 11.6 Å². The molecule has 2 heterocycles. The predicted octanol–water partition coefficient (Wildman–Crippen LogP) is 2.97. The predicted molar refractivity (Wildman–Crippen MR) is 87.3 cm³/mol. The first-order valence-corrected chi connectivity index (χ1v) is 8.46. The first-order valence-electron chi connectivity index (χ1n) is 8.09. The van der Waals surface area contributed by atoms with E-state index in [0.717, 1.165) is 30.3 Å². The number of halogens is 1. The van der Waals surface area contributed by atoms with E-state index in [1.807, 2.05) is 18.2 Å². The normalized spacial score (nSPS) is 23.0. The molecular weight excluding hydrogens is 284 g/mol. The molecular formula is C17H25ClN2O. The topological polar surface area (TPSA) is 24.5 Å². The van der Waals surface area contributed by atoms with Gasteiger partial charge in [0.05, 0.1) is 0 Å². The third kappa shape index (κ3) is 4.12. The van der Waals surface area contributed by atoms with Crippen molar-refractivity contribution < 1.29 is 4.74 Å². The smallest absolute Gasteiger partial charge is 0.123 e. The third-order valence-electron chi connectivity index (χ3n) is 4.40. The summed E-state index contributed by atoms with van der Waals surface area (Å²) in [4.78, 5) is 2.58. The minimum absolute atomic E-state index is 0.248. The van der Waals surface area contributed by atoms with Gasteiger partial charge in [0.25, 0.3) is 0 Å². The molecule has 1 aromatic rings. The van der Waals surface area contributed by atoms with Crippen LogP contribution in [0.3, 0.4) is 0 Å². The van der Waals surface area contributed by atoms with E-state index >= 15 is 0 Å². The molecule has 0 aromatic heterocycles. The fraction of sp³-hybridized carbons (Fsp3) is 0.647. The van der Waals surface area contributed by atoms with Crippen molar-refractivity contribution in [2.75, 3.05) is 32.7 Å². The van der Waals surface area contributed by atoms with Gasteiger partial charge in [-0.25, -0.2) is 0 Å². The number of fused-ring (bicyclic) bond motifs is 1. The van der Waals surface area contributed by atoms with Crippen molar-refractivity contribution in [2.24, 2.45) is 5.92 Å². The molecule has 116 valence electrons. The summed E-state index contributed by atoms with van der Waals surface area (Å²) < 4.78 is 5.95. The van der Waals surface area contributed by atoms with Gasteiger partial charge in [0.15, 0.2) is 0 Å². The van der Waals surface area contributed by atoms with E-state index in [9.17, 15) is 0 Å². The van der Waals surface area contributed by atoms with Crippen LogP contribution < -0.4 is 10.1 Å². The molecule has 2 unspecified atom stereocenters. The molecule has 2 atom stereocenters. The number of benzene rings is 1. The second kappa shape index (κ2) is 6.99. The Balaban J connectivity index is 1.37. The molecule has 0 aliphatic carbocycles. The molecule has 1 N–H and O–H groups in total. The molecule has 2 aliphatic rings. The average Bonchev–Trinajstić information content (AvgIpc) is 3.07. The summed E-state index contributed by atoms with van der Waals surface area (Å²) in [5.41, 5.74) is 1.24. The van der Waals surface area contributed by atoms with Crippen LogP contribution in [0.4, 0.5) is 0 Å². The van der Waals surface area contributed by atoms with Gasteiger partial charge in [-0.15, -0.1) is 0 Å². The lowest BCUT2D eigenvalue weighted by Crippen LogP contribution is -2.36. The summed E-state index contributed by atoms with van der Waals surface area (Å²) in [6.45, 7) is 8.09. The number of hydrogen-bond acceptors (Lipinski definition) is 3. The molecule has 1 saturated heterocycles. The van der Waals surface area contributed by atoms with Gasteiger partial charge in [0, 0.05) is 24.5 Å². The van der Waals surface area contributed by atoms with E-state index in [2.05, 4.69) is 17.1 Å². The van der Waals surface area contributed by atoms with Crippen molar-refractivity contribution in [3.63, 3.8) is 0 Å². The number of nitrogens with zero attached hydrogens (tertiary/aromatic N) is 1. The highest BCUT2D eigenvalue weighted by molar-refractivity contribution is 6.30. The second-order valence-corrected chi connectivity index (χ2v) is 6.90. The number of likely N-dealkylation sites (tertiary alicyclic amines) is 1. The highest BCUT2D eigenvalue weighted by atomic mass is 35.5. The maximum absolute atomic E-state index is 6.02. The minimum Gasteiger partial charge on any atom is -0.488 e. The molecule has 2 aliphatic heterocycles. The van der Waals surface area contributed by atoms with Crippen molar-refractivity contribution in [2.45, 2.75) is 32.3 Å². The molecule has 3 nitrogen and oxygen atoms in total. The third-order valence-corrected chi connectivity index (χ3v) is 4.63. The molecule has 1 aromatic carbocycles. The van der Waals surface area contributed by atoms with E-state index in [4.69, 9.17) is 16.3 Å². The highest BCUT2D eigenvalue weighted by Gasteiger charge is 2.23. The van der Waals surface area contributed by atoms with Crippen LogP contribution in [-0.4, -0.2) is 43.7 Å². The van der Waals surface area contributed by atoms with Crippen LogP contribution in [0.25, 0.3) is 0 Å². The average molecular weight is 309 g/mol. The molecule has 0 bridgehead atoms. The molecule has 21 heavy (non-hydrogen) atoms. The Morgan fingerprint density at radius 1 is 1.38 bits per heavy atom. The zero-order valence-corrected chi connectivity index (χ0v) is 13.5. The van der Waals surface area contributed by atoms with E-state index in [1.54, 1.807) is 0 Å². The molecule has 3 rings (SSSR count). The largest absolute Gasteiger partial charge is 0.488 e. The molecule has 0 amide bonds. The SMILES string of the molecule is CC(CNCC1Cc2cc(Cl)ccc2O1)CN1CCCC1. The van der Waals surface area contributed by atoms with Gasteiger partial charge in [-0.3, -0.25) is 0 Å². The summed E-state index contributed by atoms with van der Waals surface area (Å²) >= 11 is 6.02. The van der Waals surface area contributed by atoms with Crippen LogP contribution in [0, 0.1) is 5.92 Å². The Morgan fingerprint density at radius 3 is 3.00 bits per heavy atom. The van der Waals surface area contributed by atoms with E-state index in [-0.39, 0.29) is 6.10 Å². The number of hydrogen-bond donors (Lipinski definition) is 1. The quantitative estimate of drug-likeness (QED) is 0.874. The van der Waals surface area contributed by atoms with Crippen LogP contribution in [0.1, 0.15) is 25.3 Å². The lowest BCUT2D eigenvalue weighted by Gasteiger charge is -2.21. The Labute approximate surface area is 132 Å². The molecule has 0 spiro atoms. The van der Waals surface area contributed by atoms with E-state index < -0.39 is 0 Å². The summed E-state index contributed by atoms with van der Waals surface area (Å²) in [6, 6.07) is 5.90. The van der Waals surface area contributed by atoms with Gasteiger partial charge in [-0.2, -0.15) is 0 Å². The lowest BCUT2D eigenvalue weighted by atomic mass is 10.1. The first-order chi connectivity index (χ1) is 10.2. The summed E-state index contributed by atoms with van der Waals surface area (Å²) in [5, 5.41) is 4.36. The van der Waals surface area contributed by atoms with Crippen molar-refractivity contribution in [1.29, 1.82) is 0 Å². The zero-order chi connectivity index (χ0) is 14.7. The van der Waals surface area contributed by atoms with Crippen LogP contribution in [-0.2, 0) is 6.42 Å². The van der Waals surface area contributed by atoms with Crippen molar-refractivity contribution in [3.8, 4) is 5.75 Å². The minimum atomic E-state index is 0.248. The van der Waals surface area contributed by atoms with Crippen LogP contribution in [0.2, 0.25) is 5.02 Å². The highest BCUT2D eigenvalue weighted by Crippen LogP contribution is 2.30. The van der Waals surface area contributed by atoms with Crippen LogP contribution in [0.5, 0.6) is 5.75 Å². The summed E-state index contributed by atoms with van der Waals surface area (Å²) in [5.74, 6) is 1.69. The second-order valence-electron chi connectivity index (χ2n) is 6.47. The molecule has 0 radical (unpaired) electrons. The molecule has 4 heteroatoms. The molecule has 1 fully saturated rings.